The van der Waals surface area contributed by atoms with Gasteiger partial charge in [0.1, 0.15) is 5.75 Å². The predicted molar refractivity (Wildman–Crippen MR) is 56.7 cm³/mol. The number of hydrogen-bond acceptors (Lipinski definition) is 3. The smallest absolute Gasteiger partial charge is 0.460 e. The monoisotopic (exact) mass is 306 g/mol. The van der Waals surface area contributed by atoms with Gasteiger partial charge in [-0.25, -0.2) is 0 Å². The second-order valence-corrected chi connectivity index (χ2v) is 3.86. The summed E-state index contributed by atoms with van der Waals surface area (Å²) in [6, 6.07) is 3.22. The fourth-order valence-corrected chi connectivity index (χ4v) is 1.16. The van der Waals surface area contributed by atoms with Crippen LogP contribution in [0.2, 0.25) is 0 Å². The lowest BCUT2D eigenvalue weighted by atomic mass is 10.2. The summed E-state index contributed by atoms with van der Waals surface area (Å²) in [6.45, 7) is -2.19. The van der Waals surface area contributed by atoms with Gasteiger partial charge in [-0.05, 0) is 18.2 Å². The topological polar surface area (TPSA) is 61.3 Å². The molecule has 1 aromatic rings. The van der Waals surface area contributed by atoms with Crippen molar-refractivity contribution in [2.75, 3.05) is 18.1 Å². The van der Waals surface area contributed by atoms with E-state index in [0.29, 0.717) is 0 Å². The van der Waals surface area contributed by atoms with Crippen molar-refractivity contribution in [1.29, 1.82) is 0 Å². The molecule has 4 N–H and O–H groups in total. The maximum Gasteiger partial charge on any atom is 0.460 e. The highest BCUT2D eigenvalue weighted by atomic mass is 19.4. The first-order valence-corrected chi connectivity index (χ1v) is 4.98. The van der Waals surface area contributed by atoms with Gasteiger partial charge < -0.3 is 16.2 Å². The molecule has 0 heterocycles. The lowest BCUT2D eigenvalue weighted by molar-refractivity contribution is -0.358. The molecule has 0 aliphatic carbocycles. The molecule has 1 rings (SSSR count). The van der Waals surface area contributed by atoms with Crippen molar-refractivity contribution in [1.82, 2.24) is 0 Å². The highest BCUT2D eigenvalue weighted by Crippen LogP contribution is 2.46. The summed E-state index contributed by atoms with van der Waals surface area (Å²) in [5, 5.41) is 0. The van der Waals surface area contributed by atoms with E-state index in [0.717, 1.165) is 18.2 Å². The minimum atomic E-state index is -6.40. The van der Waals surface area contributed by atoms with Crippen LogP contribution in [0.15, 0.2) is 18.2 Å². The lowest BCUT2D eigenvalue weighted by Crippen LogP contribution is -2.54. The Labute approximate surface area is 108 Å². The molecule has 20 heavy (non-hydrogen) atoms. The van der Waals surface area contributed by atoms with Crippen LogP contribution in [0.5, 0.6) is 5.75 Å². The van der Waals surface area contributed by atoms with Gasteiger partial charge >= 0.3 is 18.0 Å². The molecule has 0 saturated heterocycles. The largest absolute Gasteiger partial charge is 0.485 e. The Balaban J connectivity index is 2.87. The number of benzene rings is 1. The lowest BCUT2D eigenvalue weighted by Gasteiger charge is -2.28. The van der Waals surface area contributed by atoms with Gasteiger partial charge in [-0.2, -0.15) is 30.7 Å². The van der Waals surface area contributed by atoms with E-state index in [2.05, 4.69) is 4.74 Å². The quantitative estimate of drug-likeness (QED) is 0.664. The van der Waals surface area contributed by atoms with E-state index in [-0.39, 0.29) is 11.4 Å². The molecule has 0 aromatic heterocycles. The van der Waals surface area contributed by atoms with Crippen LogP contribution in [0.4, 0.5) is 42.1 Å². The summed E-state index contributed by atoms with van der Waals surface area (Å²) >= 11 is 0. The van der Waals surface area contributed by atoms with Crippen molar-refractivity contribution in [3.05, 3.63) is 18.2 Å². The maximum absolute atomic E-state index is 12.9. The Bertz CT molecular complexity index is 487. The molecule has 0 unspecified atom stereocenters. The van der Waals surface area contributed by atoms with Gasteiger partial charge in [0.2, 0.25) is 0 Å². The van der Waals surface area contributed by atoms with E-state index >= 15 is 0 Å². The van der Waals surface area contributed by atoms with Crippen LogP contribution in [0, 0.1) is 0 Å². The Hall–Kier alpha value is -1.87. The maximum atomic E-state index is 12.9. The van der Waals surface area contributed by atoms with Crippen molar-refractivity contribution in [3.63, 3.8) is 0 Å². The Morgan fingerprint density at radius 3 is 1.95 bits per heavy atom. The van der Waals surface area contributed by atoms with Crippen LogP contribution in [0.25, 0.3) is 0 Å². The van der Waals surface area contributed by atoms with Crippen LogP contribution in [-0.4, -0.2) is 24.6 Å². The standard InChI is InChI=1S/C10H9F7N2O/c11-8(12,9(13,14)10(15,16)17)4-20-7-2-1-5(18)3-6(7)19/h1-3H,4,18-19H2. The van der Waals surface area contributed by atoms with Crippen molar-refractivity contribution < 1.29 is 35.5 Å². The molecule has 0 saturated carbocycles. The molecule has 0 bridgehead atoms. The molecular weight excluding hydrogens is 297 g/mol. The fraction of sp³-hybridized carbons (Fsp3) is 0.400. The summed E-state index contributed by atoms with van der Waals surface area (Å²) in [5.74, 6) is -12.1. The van der Waals surface area contributed by atoms with E-state index in [9.17, 15) is 30.7 Å². The first-order chi connectivity index (χ1) is 8.88. The number of anilines is 2. The van der Waals surface area contributed by atoms with Crippen molar-refractivity contribution in [2.24, 2.45) is 0 Å². The summed E-state index contributed by atoms with van der Waals surface area (Å²) < 4.78 is 90.8. The van der Waals surface area contributed by atoms with Crippen LogP contribution in [0.3, 0.4) is 0 Å². The van der Waals surface area contributed by atoms with Crippen LogP contribution >= 0.6 is 0 Å². The molecular formula is C10H9F7N2O. The van der Waals surface area contributed by atoms with Gasteiger partial charge in [0.25, 0.3) is 0 Å². The molecule has 114 valence electrons. The first-order valence-electron chi connectivity index (χ1n) is 4.98. The van der Waals surface area contributed by atoms with E-state index in [1.54, 1.807) is 0 Å². The van der Waals surface area contributed by atoms with Crippen molar-refractivity contribution in [3.8, 4) is 5.75 Å². The Morgan fingerprint density at radius 2 is 1.50 bits per heavy atom. The number of nitrogen functional groups attached to an aromatic ring is 2. The van der Waals surface area contributed by atoms with Gasteiger partial charge in [-0.15, -0.1) is 0 Å². The summed E-state index contributed by atoms with van der Waals surface area (Å²) in [5.41, 5.74) is 10.4. The molecule has 0 aliphatic rings. The van der Waals surface area contributed by atoms with Crippen LogP contribution in [0.1, 0.15) is 0 Å². The van der Waals surface area contributed by atoms with E-state index in [1.165, 1.54) is 0 Å². The minimum Gasteiger partial charge on any atom is -0.485 e. The molecule has 0 aliphatic heterocycles. The number of rotatable bonds is 4. The minimum absolute atomic E-state index is 0.141. The average Bonchev–Trinajstić information content (AvgIpc) is 2.26. The number of nitrogens with two attached hydrogens (primary N) is 2. The molecule has 10 heteroatoms. The van der Waals surface area contributed by atoms with E-state index in [1.807, 2.05) is 0 Å². The van der Waals surface area contributed by atoms with Crippen molar-refractivity contribution >= 4 is 11.4 Å². The second-order valence-electron chi connectivity index (χ2n) is 3.86. The molecule has 0 amide bonds. The zero-order valence-corrected chi connectivity index (χ0v) is 9.65. The first kappa shape index (κ1) is 16.2. The van der Waals surface area contributed by atoms with Gasteiger partial charge in [0, 0.05) is 5.69 Å². The number of hydrogen-bond donors (Lipinski definition) is 2. The molecule has 3 nitrogen and oxygen atoms in total. The van der Waals surface area contributed by atoms with E-state index < -0.39 is 30.4 Å². The third kappa shape index (κ3) is 2.99. The fourth-order valence-electron chi connectivity index (χ4n) is 1.16. The summed E-state index contributed by atoms with van der Waals surface area (Å²) in [4.78, 5) is 0. The van der Waals surface area contributed by atoms with Gasteiger partial charge in [-0.1, -0.05) is 0 Å². The Morgan fingerprint density at radius 1 is 0.950 bits per heavy atom. The van der Waals surface area contributed by atoms with Gasteiger partial charge in [-0.3, -0.25) is 0 Å². The molecule has 0 atom stereocenters. The Kier molecular flexibility index (Phi) is 3.97. The molecule has 0 fully saturated rings. The van der Waals surface area contributed by atoms with Gasteiger partial charge in [0.05, 0.1) is 5.69 Å². The number of halogens is 7. The molecule has 0 radical (unpaired) electrons. The van der Waals surface area contributed by atoms with E-state index in [4.69, 9.17) is 11.5 Å². The highest BCUT2D eigenvalue weighted by Gasteiger charge is 2.73. The zero-order chi connectivity index (χ0) is 15.8. The normalized spacial score (nSPS) is 13.3. The number of ether oxygens (including phenoxy) is 1. The van der Waals surface area contributed by atoms with Crippen LogP contribution in [-0.2, 0) is 0 Å². The molecule has 1 aromatic carbocycles. The molecule has 0 spiro atoms. The van der Waals surface area contributed by atoms with Crippen molar-refractivity contribution in [2.45, 2.75) is 18.0 Å². The average molecular weight is 306 g/mol. The SMILES string of the molecule is Nc1ccc(OCC(F)(F)C(F)(F)C(F)(F)F)c(N)c1. The zero-order valence-electron chi connectivity index (χ0n) is 9.65. The second kappa shape index (κ2) is 4.91. The van der Waals surface area contributed by atoms with Gasteiger partial charge in [0.15, 0.2) is 6.61 Å². The predicted octanol–water partition coefficient (Wildman–Crippen LogP) is 3.06. The third-order valence-corrected chi connectivity index (χ3v) is 2.26. The van der Waals surface area contributed by atoms with Crippen LogP contribution < -0.4 is 16.2 Å². The summed E-state index contributed by atoms with van der Waals surface area (Å²) in [7, 11) is 0. The summed E-state index contributed by atoms with van der Waals surface area (Å²) in [6.07, 6.45) is -6.40. The third-order valence-electron chi connectivity index (χ3n) is 2.26. The highest BCUT2D eigenvalue weighted by molar-refractivity contribution is 5.60. The number of alkyl halides is 7.